The van der Waals surface area contributed by atoms with Crippen LogP contribution in [0.5, 0.6) is 0 Å². The molecule has 0 radical (unpaired) electrons. The SMILES string of the molecule is CCCNC(=O)CCNC(=O)CC1CSCCN1.Cl. The van der Waals surface area contributed by atoms with Gasteiger partial charge in [-0.2, -0.15) is 11.8 Å². The number of nitrogens with one attached hydrogen (secondary N) is 3. The molecule has 3 N–H and O–H groups in total. The van der Waals surface area contributed by atoms with Crippen LogP contribution >= 0.6 is 24.2 Å². The van der Waals surface area contributed by atoms with Gasteiger partial charge in [0.25, 0.3) is 0 Å². The molecule has 1 rings (SSSR count). The van der Waals surface area contributed by atoms with Crippen molar-refractivity contribution in [3.05, 3.63) is 0 Å². The molecule has 19 heavy (non-hydrogen) atoms. The van der Waals surface area contributed by atoms with Gasteiger partial charge in [-0.05, 0) is 6.42 Å². The van der Waals surface area contributed by atoms with Crippen LogP contribution in [0.1, 0.15) is 26.2 Å². The average molecular weight is 310 g/mol. The Balaban J connectivity index is 0.00000324. The fourth-order valence-electron chi connectivity index (χ4n) is 1.72. The Morgan fingerprint density at radius 1 is 1.26 bits per heavy atom. The van der Waals surface area contributed by atoms with Crippen LogP contribution in [0.2, 0.25) is 0 Å². The lowest BCUT2D eigenvalue weighted by molar-refractivity contribution is -0.122. The van der Waals surface area contributed by atoms with Crippen molar-refractivity contribution in [2.75, 3.05) is 31.1 Å². The van der Waals surface area contributed by atoms with Gasteiger partial charge in [0, 0.05) is 50.0 Å². The van der Waals surface area contributed by atoms with E-state index in [2.05, 4.69) is 16.0 Å². The molecule has 1 heterocycles. The van der Waals surface area contributed by atoms with E-state index in [0.29, 0.717) is 25.9 Å². The molecule has 0 saturated carbocycles. The van der Waals surface area contributed by atoms with E-state index >= 15 is 0 Å². The molecule has 1 aliphatic heterocycles. The number of carbonyl (C=O) groups excluding carboxylic acids is 2. The molecular formula is C12H24ClN3O2S. The third-order valence-corrected chi connectivity index (χ3v) is 3.81. The van der Waals surface area contributed by atoms with Gasteiger partial charge in [0.05, 0.1) is 0 Å². The van der Waals surface area contributed by atoms with Gasteiger partial charge in [0.15, 0.2) is 0 Å². The molecule has 0 aromatic heterocycles. The van der Waals surface area contributed by atoms with Crippen LogP contribution in [-0.4, -0.2) is 49.0 Å². The van der Waals surface area contributed by atoms with Gasteiger partial charge >= 0.3 is 0 Å². The molecule has 0 bridgehead atoms. The zero-order valence-corrected chi connectivity index (χ0v) is 13.0. The Bertz CT molecular complexity index is 274. The highest BCUT2D eigenvalue weighted by Crippen LogP contribution is 2.09. The summed E-state index contributed by atoms with van der Waals surface area (Å²) in [5.74, 6) is 2.14. The lowest BCUT2D eigenvalue weighted by Crippen LogP contribution is -2.41. The second-order valence-corrected chi connectivity index (χ2v) is 5.53. The van der Waals surface area contributed by atoms with Crippen LogP contribution in [0.3, 0.4) is 0 Å². The van der Waals surface area contributed by atoms with Gasteiger partial charge in [0.2, 0.25) is 11.8 Å². The summed E-state index contributed by atoms with van der Waals surface area (Å²) in [6, 6.07) is 0.276. The molecule has 0 aromatic rings. The van der Waals surface area contributed by atoms with Gasteiger partial charge in [-0.1, -0.05) is 6.92 Å². The molecule has 5 nitrogen and oxygen atoms in total. The Morgan fingerprint density at radius 2 is 2.00 bits per heavy atom. The number of hydrogen-bond donors (Lipinski definition) is 3. The summed E-state index contributed by atoms with van der Waals surface area (Å²) >= 11 is 1.88. The van der Waals surface area contributed by atoms with Crippen molar-refractivity contribution >= 4 is 36.0 Å². The second kappa shape index (κ2) is 11.4. The van der Waals surface area contributed by atoms with Crippen LogP contribution in [0, 0.1) is 0 Å². The normalized spacial score (nSPS) is 18.3. The molecule has 1 aliphatic rings. The van der Waals surface area contributed by atoms with Crippen LogP contribution in [-0.2, 0) is 9.59 Å². The smallest absolute Gasteiger partial charge is 0.221 e. The molecule has 7 heteroatoms. The monoisotopic (exact) mass is 309 g/mol. The van der Waals surface area contributed by atoms with Gasteiger partial charge in [0.1, 0.15) is 0 Å². The fourth-order valence-corrected chi connectivity index (χ4v) is 2.66. The van der Waals surface area contributed by atoms with Crippen molar-refractivity contribution in [3.63, 3.8) is 0 Å². The highest BCUT2D eigenvalue weighted by Gasteiger charge is 2.16. The van der Waals surface area contributed by atoms with Crippen molar-refractivity contribution in [2.45, 2.75) is 32.2 Å². The highest BCUT2D eigenvalue weighted by molar-refractivity contribution is 7.99. The maximum Gasteiger partial charge on any atom is 0.221 e. The number of carbonyl (C=O) groups is 2. The van der Waals surface area contributed by atoms with Crippen molar-refractivity contribution in [1.29, 1.82) is 0 Å². The van der Waals surface area contributed by atoms with Crippen molar-refractivity contribution < 1.29 is 9.59 Å². The van der Waals surface area contributed by atoms with E-state index in [4.69, 9.17) is 0 Å². The van der Waals surface area contributed by atoms with Gasteiger partial charge in [-0.3, -0.25) is 9.59 Å². The van der Waals surface area contributed by atoms with Gasteiger partial charge < -0.3 is 16.0 Å². The zero-order chi connectivity index (χ0) is 13.2. The predicted molar refractivity (Wildman–Crippen MR) is 81.9 cm³/mol. The maximum absolute atomic E-state index is 11.6. The Hall–Kier alpha value is -0.460. The summed E-state index contributed by atoms with van der Waals surface area (Å²) in [6.45, 7) is 4.11. The summed E-state index contributed by atoms with van der Waals surface area (Å²) in [4.78, 5) is 22.9. The first kappa shape index (κ1) is 18.5. The molecule has 0 spiro atoms. The summed E-state index contributed by atoms with van der Waals surface area (Å²) in [5.41, 5.74) is 0. The van der Waals surface area contributed by atoms with Gasteiger partial charge in [-0.25, -0.2) is 0 Å². The van der Waals surface area contributed by atoms with E-state index < -0.39 is 0 Å². The first-order valence-corrected chi connectivity index (χ1v) is 7.72. The topological polar surface area (TPSA) is 70.2 Å². The first-order valence-electron chi connectivity index (χ1n) is 6.57. The summed E-state index contributed by atoms with van der Waals surface area (Å²) < 4.78 is 0. The van der Waals surface area contributed by atoms with Crippen LogP contribution < -0.4 is 16.0 Å². The predicted octanol–water partition coefficient (Wildman–Crippen LogP) is 0.536. The molecule has 112 valence electrons. The Labute approximate surface area is 125 Å². The number of hydrogen-bond acceptors (Lipinski definition) is 4. The molecule has 1 unspecified atom stereocenters. The average Bonchev–Trinajstić information content (AvgIpc) is 2.37. The Morgan fingerprint density at radius 3 is 2.63 bits per heavy atom. The van der Waals surface area contributed by atoms with E-state index in [1.54, 1.807) is 0 Å². The van der Waals surface area contributed by atoms with E-state index in [1.165, 1.54) is 0 Å². The minimum atomic E-state index is 0. The molecule has 1 saturated heterocycles. The second-order valence-electron chi connectivity index (χ2n) is 4.38. The standard InChI is InChI=1S/C12H23N3O2S.ClH/c1-2-4-14-11(16)3-5-15-12(17)8-10-9-18-7-6-13-10;/h10,13H,2-9H2,1H3,(H,14,16)(H,15,17);1H. The summed E-state index contributed by atoms with van der Waals surface area (Å²) in [7, 11) is 0. The number of halogens is 1. The lowest BCUT2D eigenvalue weighted by Gasteiger charge is -2.22. The minimum Gasteiger partial charge on any atom is -0.356 e. The number of thioether (sulfide) groups is 1. The number of rotatable bonds is 7. The van der Waals surface area contributed by atoms with Crippen molar-refractivity contribution in [2.24, 2.45) is 0 Å². The lowest BCUT2D eigenvalue weighted by atomic mass is 10.2. The van der Waals surface area contributed by atoms with E-state index in [9.17, 15) is 9.59 Å². The summed E-state index contributed by atoms with van der Waals surface area (Å²) in [5, 5.41) is 8.89. The van der Waals surface area contributed by atoms with E-state index in [1.807, 2.05) is 18.7 Å². The number of amides is 2. The molecule has 2 amide bonds. The molecule has 0 aliphatic carbocycles. The van der Waals surface area contributed by atoms with E-state index in [-0.39, 0.29) is 30.3 Å². The van der Waals surface area contributed by atoms with Crippen LogP contribution in [0.4, 0.5) is 0 Å². The van der Waals surface area contributed by atoms with E-state index in [0.717, 1.165) is 24.5 Å². The quantitative estimate of drug-likeness (QED) is 0.642. The molecule has 0 aromatic carbocycles. The van der Waals surface area contributed by atoms with Gasteiger partial charge in [-0.15, -0.1) is 12.4 Å². The zero-order valence-electron chi connectivity index (χ0n) is 11.4. The van der Waals surface area contributed by atoms with Crippen LogP contribution in [0.25, 0.3) is 0 Å². The van der Waals surface area contributed by atoms with Crippen molar-refractivity contribution in [3.8, 4) is 0 Å². The third-order valence-electron chi connectivity index (χ3n) is 2.68. The summed E-state index contributed by atoms with van der Waals surface area (Å²) in [6.07, 6.45) is 1.80. The Kier molecular flexibility index (Phi) is 11.1. The minimum absolute atomic E-state index is 0. The molecule has 1 atom stereocenters. The molecular weight excluding hydrogens is 286 g/mol. The van der Waals surface area contributed by atoms with Crippen molar-refractivity contribution in [1.82, 2.24) is 16.0 Å². The maximum atomic E-state index is 11.6. The molecule has 1 fully saturated rings. The van der Waals surface area contributed by atoms with Crippen LogP contribution in [0.15, 0.2) is 0 Å². The first-order chi connectivity index (χ1) is 8.72. The largest absolute Gasteiger partial charge is 0.356 e. The third kappa shape index (κ3) is 9.13. The highest BCUT2D eigenvalue weighted by atomic mass is 35.5. The fraction of sp³-hybridized carbons (Fsp3) is 0.833.